The maximum Gasteiger partial charge on any atom is 0.266 e. The van der Waals surface area contributed by atoms with Gasteiger partial charge in [0.2, 0.25) is 17.5 Å². The maximum atomic E-state index is 13.5. The first-order valence-corrected chi connectivity index (χ1v) is 11.2. The molecule has 1 aliphatic rings. The van der Waals surface area contributed by atoms with Gasteiger partial charge in [-0.2, -0.15) is 10.2 Å². The van der Waals surface area contributed by atoms with E-state index in [1.54, 1.807) is 29.6 Å². The van der Waals surface area contributed by atoms with E-state index < -0.39 is 0 Å². The number of nitriles is 1. The number of piperidine rings is 1. The third-order valence-corrected chi connectivity index (χ3v) is 6.21. The molecule has 1 fully saturated rings. The summed E-state index contributed by atoms with van der Waals surface area (Å²) in [6, 6.07) is 11.7. The van der Waals surface area contributed by atoms with Gasteiger partial charge in [-0.25, -0.2) is 9.37 Å². The zero-order valence-electron chi connectivity index (χ0n) is 17.3. The van der Waals surface area contributed by atoms with Crippen molar-refractivity contribution in [3.05, 3.63) is 59.6 Å². The van der Waals surface area contributed by atoms with Gasteiger partial charge in [0.05, 0.1) is 12.0 Å². The lowest BCUT2D eigenvalue weighted by Crippen LogP contribution is -2.38. The molecular formula is C23H18FN5O3S. The molecule has 10 heteroatoms. The van der Waals surface area contributed by atoms with Crippen LogP contribution >= 0.6 is 11.3 Å². The van der Waals surface area contributed by atoms with Crippen LogP contribution in [0.15, 0.2) is 56.9 Å². The summed E-state index contributed by atoms with van der Waals surface area (Å²) in [5, 5.41) is 14.6. The Morgan fingerprint density at radius 2 is 2.09 bits per heavy atom. The summed E-state index contributed by atoms with van der Waals surface area (Å²) in [5.74, 6) is 0.463. The number of amides is 1. The Morgan fingerprint density at radius 1 is 1.24 bits per heavy atom. The Labute approximate surface area is 192 Å². The number of thiazole rings is 1. The smallest absolute Gasteiger partial charge is 0.266 e. The van der Waals surface area contributed by atoms with Crippen molar-refractivity contribution in [1.82, 2.24) is 9.97 Å². The topological polar surface area (TPSA) is 108 Å². The number of hydrogen-bond acceptors (Lipinski definition) is 8. The van der Waals surface area contributed by atoms with Gasteiger partial charge < -0.3 is 19.1 Å². The highest BCUT2D eigenvalue weighted by atomic mass is 32.1. The van der Waals surface area contributed by atoms with Crippen molar-refractivity contribution < 1.29 is 18.0 Å². The number of hydrogen-bond donors (Lipinski definition) is 1. The summed E-state index contributed by atoms with van der Waals surface area (Å²) in [6.45, 7) is 1.10. The molecule has 0 unspecified atom stereocenters. The fourth-order valence-corrected chi connectivity index (χ4v) is 4.49. The Kier molecular flexibility index (Phi) is 5.62. The summed E-state index contributed by atoms with van der Waals surface area (Å²) in [7, 11) is 0. The van der Waals surface area contributed by atoms with Gasteiger partial charge in [0.15, 0.2) is 10.9 Å². The van der Waals surface area contributed by atoms with Crippen LogP contribution in [0.3, 0.4) is 0 Å². The lowest BCUT2D eigenvalue weighted by molar-refractivity contribution is -0.120. The summed E-state index contributed by atoms with van der Waals surface area (Å²) in [4.78, 5) is 23.3. The van der Waals surface area contributed by atoms with Gasteiger partial charge in [0, 0.05) is 30.0 Å². The number of carbonyl (C=O) groups excluding carboxylic acids is 1. The van der Waals surface area contributed by atoms with Crippen LogP contribution in [0, 0.1) is 23.1 Å². The second-order valence-electron chi connectivity index (χ2n) is 7.56. The highest BCUT2D eigenvalue weighted by molar-refractivity contribution is 7.14. The third-order valence-electron chi connectivity index (χ3n) is 5.45. The van der Waals surface area contributed by atoms with E-state index in [0.717, 1.165) is 0 Å². The molecule has 1 aliphatic heterocycles. The monoisotopic (exact) mass is 463 g/mol. The van der Waals surface area contributed by atoms with Crippen LogP contribution in [0.1, 0.15) is 18.5 Å². The highest BCUT2D eigenvalue weighted by Crippen LogP contribution is 2.32. The van der Waals surface area contributed by atoms with Crippen molar-refractivity contribution in [1.29, 1.82) is 5.26 Å². The van der Waals surface area contributed by atoms with Gasteiger partial charge in [-0.1, -0.05) is 12.1 Å². The first kappa shape index (κ1) is 20.9. The van der Waals surface area contributed by atoms with E-state index in [4.69, 9.17) is 8.83 Å². The summed E-state index contributed by atoms with van der Waals surface area (Å²) >= 11 is 1.30. The fraction of sp³-hybridized carbons (Fsp3) is 0.217. The number of nitrogens with zero attached hydrogens (tertiary/aromatic N) is 4. The largest absolute Gasteiger partial charge is 0.459 e. The standard InChI is InChI=1S/C23H18FN5O3S/c24-16-4-1-3-15(11-16)18-13-33-23(27-18)28-20(30)14-6-8-29(9-7-14)22-17(12-25)26-21(32-22)19-5-2-10-31-19/h1-5,10-11,13-14H,6-9H2,(H,27,28,30). The van der Waals surface area contributed by atoms with E-state index in [-0.39, 0.29) is 29.2 Å². The Bertz CT molecular complexity index is 1320. The normalized spacial score (nSPS) is 14.2. The molecule has 0 bridgehead atoms. The molecule has 4 aromatic rings. The number of halogens is 1. The molecule has 1 amide bonds. The minimum atomic E-state index is -0.333. The lowest BCUT2D eigenvalue weighted by atomic mass is 9.96. The van der Waals surface area contributed by atoms with Gasteiger partial charge in [-0.05, 0) is 37.1 Å². The lowest BCUT2D eigenvalue weighted by Gasteiger charge is -2.30. The molecule has 0 spiro atoms. The molecule has 5 rings (SSSR count). The number of furan rings is 1. The number of aromatic nitrogens is 2. The van der Waals surface area contributed by atoms with Crippen LogP contribution in [-0.4, -0.2) is 29.0 Å². The molecule has 8 nitrogen and oxygen atoms in total. The number of anilines is 2. The highest BCUT2D eigenvalue weighted by Gasteiger charge is 2.29. The number of nitrogens with one attached hydrogen (secondary N) is 1. The zero-order valence-corrected chi connectivity index (χ0v) is 18.1. The fourth-order valence-electron chi connectivity index (χ4n) is 3.77. The van der Waals surface area contributed by atoms with Crippen molar-refractivity contribution >= 4 is 28.3 Å². The number of benzene rings is 1. The molecular weight excluding hydrogens is 445 g/mol. The number of rotatable bonds is 5. The summed E-state index contributed by atoms with van der Waals surface area (Å²) in [6.07, 6.45) is 2.70. The second kappa shape index (κ2) is 8.88. The second-order valence-corrected chi connectivity index (χ2v) is 8.42. The first-order chi connectivity index (χ1) is 16.1. The van der Waals surface area contributed by atoms with E-state index in [0.29, 0.717) is 54.0 Å². The molecule has 4 heterocycles. The van der Waals surface area contributed by atoms with Crippen molar-refractivity contribution in [2.75, 3.05) is 23.3 Å². The van der Waals surface area contributed by atoms with E-state index in [1.165, 1.54) is 29.7 Å². The van der Waals surface area contributed by atoms with Crippen LogP contribution in [0.2, 0.25) is 0 Å². The van der Waals surface area contributed by atoms with E-state index in [1.807, 2.05) is 4.90 Å². The van der Waals surface area contributed by atoms with Gasteiger partial charge >= 0.3 is 0 Å². The Morgan fingerprint density at radius 3 is 2.82 bits per heavy atom. The summed E-state index contributed by atoms with van der Waals surface area (Å²) in [5.41, 5.74) is 1.47. The predicted molar refractivity (Wildman–Crippen MR) is 120 cm³/mol. The van der Waals surface area contributed by atoms with Crippen LogP contribution in [-0.2, 0) is 4.79 Å². The van der Waals surface area contributed by atoms with Crippen LogP contribution in [0.5, 0.6) is 0 Å². The minimum Gasteiger partial charge on any atom is -0.459 e. The van der Waals surface area contributed by atoms with Crippen molar-refractivity contribution in [3.8, 4) is 29.0 Å². The Hall–Kier alpha value is -3.97. The maximum absolute atomic E-state index is 13.5. The number of carbonyl (C=O) groups is 1. The van der Waals surface area contributed by atoms with Gasteiger partial charge in [-0.15, -0.1) is 11.3 Å². The van der Waals surface area contributed by atoms with Gasteiger partial charge in [0.25, 0.3) is 5.89 Å². The quantitative estimate of drug-likeness (QED) is 0.447. The number of oxazole rings is 1. The van der Waals surface area contributed by atoms with Crippen LogP contribution in [0.4, 0.5) is 15.4 Å². The molecule has 0 aliphatic carbocycles. The molecule has 0 saturated carbocycles. The van der Waals surface area contributed by atoms with Crippen LogP contribution < -0.4 is 10.2 Å². The SMILES string of the molecule is N#Cc1nc(-c2ccco2)oc1N1CCC(C(=O)Nc2nc(-c3cccc(F)c3)cs2)CC1. The molecule has 1 aromatic carbocycles. The van der Waals surface area contributed by atoms with Crippen molar-refractivity contribution in [2.45, 2.75) is 12.8 Å². The minimum absolute atomic E-state index is 0.107. The molecule has 0 atom stereocenters. The molecule has 33 heavy (non-hydrogen) atoms. The van der Waals surface area contributed by atoms with Gasteiger partial charge in [0.1, 0.15) is 11.9 Å². The van der Waals surface area contributed by atoms with E-state index in [9.17, 15) is 14.4 Å². The third kappa shape index (κ3) is 4.36. The Balaban J connectivity index is 1.21. The summed E-state index contributed by atoms with van der Waals surface area (Å²) < 4.78 is 24.6. The molecule has 0 radical (unpaired) electrons. The molecule has 1 saturated heterocycles. The molecule has 1 N–H and O–H groups in total. The van der Waals surface area contributed by atoms with Crippen LogP contribution in [0.25, 0.3) is 22.9 Å². The van der Waals surface area contributed by atoms with Gasteiger partial charge in [-0.3, -0.25) is 4.79 Å². The van der Waals surface area contributed by atoms with E-state index >= 15 is 0 Å². The van der Waals surface area contributed by atoms with Crippen molar-refractivity contribution in [3.63, 3.8) is 0 Å². The average molecular weight is 463 g/mol. The first-order valence-electron chi connectivity index (χ1n) is 10.3. The zero-order chi connectivity index (χ0) is 22.8. The van der Waals surface area contributed by atoms with Crippen molar-refractivity contribution in [2.24, 2.45) is 5.92 Å². The predicted octanol–water partition coefficient (Wildman–Crippen LogP) is 4.92. The molecule has 166 valence electrons. The van der Waals surface area contributed by atoms with E-state index in [2.05, 4.69) is 21.4 Å². The molecule has 3 aromatic heterocycles. The average Bonchev–Trinajstić information content (AvgIpc) is 3.59.